The van der Waals surface area contributed by atoms with Crippen molar-refractivity contribution in [2.75, 3.05) is 20.1 Å². The van der Waals surface area contributed by atoms with E-state index in [9.17, 15) is 9.90 Å². The fourth-order valence-electron chi connectivity index (χ4n) is 6.22. The van der Waals surface area contributed by atoms with Crippen LogP contribution in [0.4, 0.5) is 0 Å². The van der Waals surface area contributed by atoms with Gasteiger partial charge in [0.05, 0.1) is 18.8 Å². The van der Waals surface area contributed by atoms with Crippen molar-refractivity contribution in [2.45, 2.75) is 45.0 Å². The Morgan fingerprint density at radius 1 is 0.833 bits per heavy atom. The molecule has 4 aromatic carbocycles. The summed E-state index contributed by atoms with van der Waals surface area (Å²) in [7, 11) is 2.13. The monoisotopic (exact) mass is 641 g/mol. The second-order valence-corrected chi connectivity index (χ2v) is 12.5. The maximum absolute atomic E-state index is 12.7. The number of aliphatic hydroxyl groups excluding tert-OH is 1. The van der Waals surface area contributed by atoms with Crippen molar-refractivity contribution in [2.24, 2.45) is 5.92 Å². The van der Waals surface area contributed by atoms with E-state index in [2.05, 4.69) is 65.6 Å². The first kappa shape index (κ1) is 33.2. The molecule has 2 N–H and O–H groups in total. The molecule has 5 aromatic rings. The van der Waals surface area contributed by atoms with Crippen molar-refractivity contribution in [3.05, 3.63) is 161 Å². The normalized spacial score (nSPS) is 19.2. The molecule has 0 unspecified atom stereocenters. The third-order valence-corrected chi connectivity index (χ3v) is 9.08. The Morgan fingerprint density at radius 2 is 1.54 bits per heavy atom. The van der Waals surface area contributed by atoms with Crippen LogP contribution in [0.15, 0.2) is 128 Å². The van der Waals surface area contributed by atoms with Gasteiger partial charge in [-0.2, -0.15) is 0 Å². The van der Waals surface area contributed by atoms with E-state index < -0.39 is 6.29 Å². The van der Waals surface area contributed by atoms with Gasteiger partial charge in [0.15, 0.2) is 6.29 Å². The summed E-state index contributed by atoms with van der Waals surface area (Å²) in [5.41, 5.74) is 7.74. The zero-order chi connectivity index (χ0) is 33.3. The fraction of sp³-hybridized carbons (Fsp3) is 0.268. The number of nitrogens with one attached hydrogen (secondary N) is 1. The van der Waals surface area contributed by atoms with E-state index in [1.165, 1.54) is 0 Å². The molecule has 48 heavy (non-hydrogen) atoms. The lowest BCUT2D eigenvalue weighted by Gasteiger charge is -2.42. The van der Waals surface area contributed by atoms with Gasteiger partial charge in [0, 0.05) is 55.0 Å². The summed E-state index contributed by atoms with van der Waals surface area (Å²) in [6.45, 7) is 4.23. The molecule has 1 amide bonds. The van der Waals surface area contributed by atoms with Crippen LogP contribution < -0.4 is 5.32 Å². The number of hydrogen-bond donors (Lipinski definition) is 2. The van der Waals surface area contributed by atoms with Crippen LogP contribution >= 0.6 is 0 Å². The molecule has 7 nitrogen and oxygen atoms in total. The number of aromatic nitrogens is 1. The molecule has 1 aliphatic heterocycles. The van der Waals surface area contributed by atoms with E-state index >= 15 is 0 Å². The summed E-state index contributed by atoms with van der Waals surface area (Å²) < 4.78 is 13.4. The third-order valence-electron chi connectivity index (χ3n) is 9.08. The molecule has 0 spiro atoms. The number of amides is 1. The van der Waals surface area contributed by atoms with E-state index in [1.807, 2.05) is 91.1 Å². The number of hydrogen-bond acceptors (Lipinski definition) is 6. The summed E-state index contributed by atoms with van der Waals surface area (Å²) in [4.78, 5) is 19.5. The number of aliphatic hydroxyl groups is 1. The van der Waals surface area contributed by atoms with Crippen LogP contribution in [0.3, 0.4) is 0 Å². The van der Waals surface area contributed by atoms with Gasteiger partial charge in [0.2, 0.25) is 0 Å². The lowest BCUT2D eigenvalue weighted by Crippen LogP contribution is -2.43. The zero-order valence-electron chi connectivity index (χ0n) is 27.5. The quantitative estimate of drug-likeness (QED) is 0.151. The molecule has 7 heteroatoms. The van der Waals surface area contributed by atoms with Crippen LogP contribution in [0.25, 0.3) is 11.1 Å². The van der Waals surface area contributed by atoms with E-state index in [0.29, 0.717) is 12.1 Å². The summed E-state index contributed by atoms with van der Waals surface area (Å²) in [5, 5.41) is 12.7. The minimum Gasteiger partial charge on any atom is -0.392 e. The van der Waals surface area contributed by atoms with Gasteiger partial charge in [-0.1, -0.05) is 104 Å². The second-order valence-electron chi connectivity index (χ2n) is 12.5. The number of ether oxygens (including phenoxy) is 2. The summed E-state index contributed by atoms with van der Waals surface area (Å²) >= 11 is 0. The van der Waals surface area contributed by atoms with Gasteiger partial charge in [0.25, 0.3) is 5.91 Å². The van der Waals surface area contributed by atoms with Crippen molar-refractivity contribution in [3.8, 4) is 11.1 Å². The fourth-order valence-corrected chi connectivity index (χ4v) is 6.22. The molecule has 246 valence electrons. The number of carbonyl (C=O) groups is 1. The molecule has 1 aliphatic rings. The summed E-state index contributed by atoms with van der Waals surface area (Å²) in [6, 6.07) is 39.8. The Kier molecular flexibility index (Phi) is 11.1. The minimum atomic E-state index is -0.549. The predicted molar refractivity (Wildman–Crippen MR) is 188 cm³/mol. The molecule has 6 rings (SSSR count). The van der Waals surface area contributed by atoms with Gasteiger partial charge in [-0.3, -0.25) is 9.78 Å². The van der Waals surface area contributed by atoms with Crippen LogP contribution in [-0.2, 0) is 29.0 Å². The van der Waals surface area contributed by atoms with E-state index in [0.717, 1.165) is 58.6 Å². The molecule has 1 saturated heterocycles. The number of rotatable bonds is 12. The smallest absolute Gasteiger partial charge is 0.251 e. The highest BCUT2D eigenvalue weighted by atomic mass is 16.7. The third kappa shape index (κ3) is 8.24. The Morgan fingerprint density at radius 3 is 2.27 bits per heavy atom. The lowest BCUT2D eigenvalue weighted by atomic mass is 9.90. The maximum atomic E-state index is 12.7. The Balaban J connectivity index is 1.19. The van der Waals surface area contributed by atoms with Gasteiger partial charge in [-0.05, 0) is 59.1 Å². The van der Waals surface area contributed by atoms with Gasteiger partial charge < -0.3 is 24.8 Å². The van der Waals surface area contributed by atoms with Gasteiger partial charge >= 0.3 is 0 Å². The van der Waals surface area contributed by atoms with Gasteiger partial charge in [-0.25, -0.2) is 0 Å². The first-order valence-electron chi connectivity index (χ1n) is 16.6. The molecule has 2 heterocycles. The highest BCUT2D eigenvalue weighted by Gasteiger charge is 2.38. The topological polar surface area (TPSA) is 83.9 Å². The Hall–Kier alpha value is -4.66. The number of carbonyl (C=O) groups excluding carboxylic acids is 1. The largest absolute Gasteiger partial charge is 0.392 e. The van der Waals surface area contributed by atoms with Crippen molar-refractivity contribution in [1.82, 2.24) is 15.2 Å². The molecule has 4 atom stereocenters. The highest BCUT2D eigenvalue weighted by Crippen LogP contribution is 2.42. The van der Waals surface area contributed by atoms with Crippen LogP contribution in [-0.4, -0.2) is 47.1 Å². The van der Waals surface area contributed by atoms with Crippen molar-refractivity contribution in [1.29, 1.82) is 0 Å². The summed E-state index contributed by atoms with van der Waals surface area (Å²) in [5.74, 6) is -0.00478. The Labute approximate surface area is 283 Å². The van der Waals surface area contributed by atoms with Crippen molar-refractivity contribution >= 4 is 5.91 Å². The minimum absolute atomic E-state index is 0.00561. The average molecular weight is 642 g/mol. The van der Waals surface area contributed by atoms with E-state index in [-0.39, 0.29) is 30.6 Å². The zero-order valence-corrected chi connectivity index (χ0v) is 27.5. The van der Waals surface area contributed by atoms with E-state index in [4.69, 9.17) is 9.47 Å². The van der Waals surface area contributed by atoms with Crippen LogP contribution in [0.1, 0.15) is 57.6 Å². The molecule has 1 aromatic heterocycles. The molecule has 0 bridgehead atoms. The van der Waals surface area contributed by atoms with Gasteiger partial charge in [-0.15, -0.1) is 0 Å². The SMILES string of the molecule is C[C@H]1[C@@H](CN(C)CCc2ccccn2)O[C@@H](c2ccc(-c3ccccc3CNC(=O)c3ccccc3)cc2)O[C@H]1c1ccc(CO)cc1. The average Bonchev–Trinajstić information content (AvgIpc) is 3.15. The molecular formula is C41H43N3O4. The molecule has 0 saturated carbocycles. The number of likely N-dealkylation sites (N-methyl/N-ethyl adjacent to an activating group) is 1. The molecule has 0 aliphatic carbocycles. The first-order chi connectivity index (χ1) is 23.5. The van der Waals surface area contributed by atoms with E-state index in [1.54, 1.807) is 0 Å². The highest BCUT2D eigenvalue weighted by molar-refractivity contribution is 5.94. The molecule has 1 fully saturated rings. The van der Waals surface area contributed by atoms with Gasteiger partial charge in [0.1, 0.15) is 0 Å². The number of benzene rings is 4. The summed E-state index contributed by atoms with van der Waals surface area (Å²) in [6.07, 6.45) is 1.90. The maximum Gasteiger partial charge on any atom is 0.251 e. The molecule has 0 radical (unpaired) electrons. The van der Waals surface area contributed by atoms with Crippen molar-refractivity contribution in [3.63, 3.8) is 0 Å². The van der Waals surface area contributed by atoms with Crippen LogP contribution in [0, 0.1) is 5.92 Å². The predicted octanol–water partition coefficient (Wildman–Crippen LogP) is 7.14. The first-order valence-corrected chi connectivity index (χ1v) is 16.6. The Bertz CT molecular complexity index is 1750. The molecular weight excluding hydrogens is 598 g/mol. The van der Waals surface area contributed by atoms with Crippen LogP contribution in [0.5, 0.6) is 0 Å². The lowest BCUT2D eigenvalue weighted by molar-refractivity contribution is -0.275. The van der Waals surface area contributed by atoms with Crippen LogP contribution in [0.2, 0.25) is 0 Å². The number of pyridine rings is 1. The standard InChI is InChI=1S/C41H43N3O4/c1-29-38(27-44(2)25-23-36-13-8-9-24-42-36)47-41(48-39(29)32-17-15-30(28-45)16-18-32)34-21-19-31(20-22-34)37-14-7-6-12-35(37)26-43-40(46)33-10-4-3-5-11-33/h3-22,24,29,38-39,41,45H,23,25-28H2,1-2H3,(H,43,46)/t29-,38+,39+,41+/m0/s1. The number of nitrogens with zero attached hydrogens (tertiary/aromatic N) is 2. The van der Waals surface area contributed by atoms with Crippen molar-refractivity contribution < 1.29 is 19.4 Å². The second kappa shape index (κ2) is 16.0.